The van der Waals surface area contributed by atoms with Crippen molar-refractivity contribution < 1.29 is 29.3 Å². The molecule has 0 radical (unpaired) electrons. The topological polar surface area (TPSA) is 101 Å². The summed E-state index contributed by atoms with van der Waals surface area (Å²) in [7, 11) is 0. The highest BCUT2D eigenvalue weighted by atomic mass is 16.6. The number of unbranched alkanes of at least 4 members (excludes halogenated alkanes) is 2. The average Bonchev–Trinajstić information content (AvgIpc) is 2.46. The minimum atomic E-state index is -1.19. The Hall–Kier alpha value is -1.85. The third-order valence-corrected chi connectivity index (χ3v) is 3.30. The maximum absolute atomic E-state index is 11.9. The highest BCUT2D eigenvalue weighted by molar-refractivity contribution is 5.90. The normalized spacial score (nSPS) is 14.2. The number of carbonyl (C=O) groups excluding carboxylic acids is 1. The molecule has 0 heterocycles. The van der Waals surface area contributed by atoms with E-state index >= 15 is 0 Å². The zero-order chi connectivity index (χ0) is 17.1. The Bertz CT molecular complexity index is 413. The molecular weight excluding hydrogens is 288 g/mol. The van der Waals surface area contributed by atoms with E-state index in [0.717, 1.165) is 19.3 Å². The smallest absolute Gasteiger partial charge is 0.345 e. The van der Waals surface area contributed by atoms with E-state index in [2.05, 4.69) is 0 Å². The van der Waals surface area contributed by atoms with Gasteiger partial charge in [-0.05, 0) is 26.2 Å². The summed E-state index contributed by atoms with van der Waals surface area (Å²) < 4.78 is 4.96. The molecule has 0 saturated carbocycles. The van der Waals surface area contributed by atoms with E-state index in [-0.39, 0.29) is 12.0 Å². The van der Waals surface area contributed by atoms with Crippen LogP contribution in [0.1, 0.15) is 59.3 Å². The molecule has 0 bridgehead atoms. The van der Waals surface area contributed by atoms with E-state index in [9.17, 15) is 14.4 Å². The number of carboxylic acid groups (broad SMARTS) is 2. The highest BCUT2D eigenvalue weighted by Gasteiger charge is 2.23. The fourth-order valence-electron chi connectivity index (χ4n) is 1.92. The summed E-state index contributed by atoms with van der Waals surface area (Å²) in [6, 6.07) is 0. The molecule has 0 amide bonds. The third kappa shape index (κ3) is 7.81. The summed E-state index contributed by atoms with van der Waals surface area (Å²) in [5, 5.41) is 18.2. The molecule has 2 unspecified atom stereocenters. The van der Waals surface area contributed by atoms with Crippen molar-refractivity contribution in [1.82, 2.24) is 0 Å². The summed E-state index contributed by atoms with van der Waals surface area (Å²) in [6.45, 7) is 5.31. The number of carboxylic acids is 2. The van der Waals surface area contributed by atoms with Gasteiger partial charge in [0.15, 0.2) is 6.10 Å². The van der Waals surface area contributed by atoms with Crippen LogP contribution in [0.3, 0.4) is 0 Å². The Morgan fingerprint density at radius 1 is 1.00 bits per heavy atom. The molecular formula is C16H26O6. The molecule has 0 aliphatic carbocycles. The predicted octanol–water partition coefficient (Wildman–Crippen LogP) is 3.01. The number of rotatable bonds is 11. The second kappa shape index (κ2) is 10.8. The van der Waals surface area contributed by atoms with Gasteiger partial charge in [-0.3, -0.25) is 4.79 Å². The molecule has 0 spiro atoms. The lowest BCUT2D eigenvalue weighted by Crippen LogP contribution is -2.27. The van der Waals surface area contributed by atoms with Gasteiger partial charge in [0.25, 0.3) is 0 Å². The molecule has 126 valence electrons. The molecule has 0 aromatic heterocycles. The van der Waals surface area contributed by atoms with Crippen LogP contribution in [0.25, 0.3) is 0 Å². The monoisotopic (exact) mass is 314 g/mol. The molecule has 2 N–H and O–H groups in total. The summed E-state index contributed by atoms with van der Waals surface area (Å²) >= 11 is 0. The maximum atomic E-state index is 11.9. The standard InChI is InChI=1S/C16H26O6/c1-4-6-8-12(14(17)18)10-11(3)16(21)22-13(15(19)20)9-7-5-2/h10,12-13H,4-9H2,1-3H3,(H,17,18)(H,19,20)/b11-10+. The lowest BCUT2D eigenvalue weighted by Gasteiger charge is -2.14. The van der Waals surface area contributed by atoms with E-state index < -0.39 is 29.9 Å². The first kappa shape index (κ1) is 20.1. The van der Waals surface area contributed by atoms with E-state index in [4.69, 9.17) is 14.9 Å². The molecule has 0 aliphatic rings. The van der Waals surface area contributed by atoms with E-state index in [1.54, 1.807) is 0 Å². The first-order chi connectivity index (χ1) is 10.3. The van der Waals surface area contributed by atoms with Crippen molar-refractivity contribution >= 4 is 17.9 Å². The van der Waals surface area contributed by atoms with Gasteiger partial charge in [-0.1, -0.05) is 39.2 Å². The third-order valence-electron chi connectivity index (χ3n) is 3.30. The molecule has 2 atom stereocenters. The Morgan fingerprint density at radius 2 is 1.55 bits per heavy atom. The molecule has 0 saturated heterocycles. The van der Waals surface area contributed by atoms with Crippen molar-refractivity contribution in [3.8, 4) is 0 Å². The van der Waals surface area contributed by atoms with Crippen LogP contribution in [-0.4, -0.2) is 34.2 Å². The molecule has 0 rings (SSSR count). The Kier molecular flexibility index (Phi) is 9.91. The molecule has 6 heteroatoms. The number of hydrogen-bond donors (Lipinski definition) is 2. The van der Waals surface area contributed by atoms with Gasteiger partial charge in [-0.15, -0.1) is 0 Å². The second-order valence-electron chi connectivity index (χ2n) is 5.31. The van der Waals surface area contributed by atoms with Crippen molar-refractivity contribution in [3.05, 3.63) is 11.6 Å². The van der Waals surface area contributed by atoms with Gasteiger partial charge in [0.1, 0.15) is 0 Å². The Labute approximate surface area is 131 Å². The molecule has 0 fully saturated rings. The predicted molar refractivity (Wildman–Crippen MR) is 81.4 cm³/mol. The average molecular weight is 314 g/mol. The fraction of sp³-hybridized carbons (Fsp3) is 0.688. The van der Waals surface area contributed by atoms with Gasteiger partial charge in [0, 0.05) is 5.57 Å². The zero-order valence-corrected chi connectivity index (χ0v) is 13.5. The van der Waals surface area contributed by atoms with Gasteiger partial charge >= 0.3 is 17.9 Å². The van der Waals surface area contributed by atoms with Crippen LogP contribution in [-0.2, 0) is 19.1 Å². The largest absolute Gasteiger partial charge is 0.481 e. The molecule has 0 aromatic carbocycles. The number of ether oxygens (including phenoxy) is 1. The van der Waals surface area contributed by atoms with Gasteiger partial charge < -0.3 is 14.9 Å². The first-order valence-corrected chi connectivity index (χ1v) is 7.68. The Balaban J connectivity index is 4.81. The lowest BCUT2D eigenvalue weighted by atomic mass is 9.99. The number of esters is 1. The summed E-state index contributed by atoms with van der Waals surface area (Å²) in [6.07, 6.45) is 3.89. The minimum Gasteiger partial charge on any atom is -0.481 e. The lowest BCUT2D eigenvalue weighted by molar-refractivity contribution is -0.161. The van der Waals surface area contributed by atoms with Crippen molar-refractivity contribution in [3.63, 3.8) is 0 Å². The number of carbonyl (C=O) groups is 3. The van der Waals surface area contributed by atoms with Crippen molar-refractivity contribution in [2.75, 3.05) is 0 Å². The van der Waals surface area contributed by atoms with Crippen LogP contribution in [0.15, 0.2) is 11.6 Å². The van der Waals surface area contributed by atoms with Crippen molar-refractivity contribution in [1.29, 1.82) is 0 Å². The summed E-state index contributed by atoms with van der Waals surface area (Å²) in [4.78, 5) is 34.1. The quantitative estimate of drug-likeness (QED) is 0.449. The molecule has 0 aliphatic heterocycles. The highest BCUT2D eigenvalue weighted by Crippen LogP contribution is 2.15. The van der Waals surface area contributed by atoms with Crippen LogP contribution in [0.5, 0.6) is 0 Å². The number of hydrogen-bond acceptors (Lipinski definition) is 4. The van der Waals surface area contributed by atoms with Crippen molar-refractivity contribution in [2.45, 2.75) is 65.4 Å². The van der Waals surface area contributed by atoms with Crippen molar-refractivity contribution in [2.24, 2.45) is 5.92 Å². The number of aliphatic carboxylic acids is 2. The second-order valence-corrected chi connectivity index (χ2v) is 5.31. The van der Waals surface area contributed by atoms with Crippen LogP contribution < -0.4 is 0 Å². The van der Waals surface area contributed by atoms with Crippen LogP contribution in [0.4, 0.5) is 0 Å². The minimum absolute atomic E-state index is 0.131. The molecule has 6 nitrogen and oxygen atoms in total. The van der Waals surface area contributed by atoms with E-state index in [1.807, 2.05) is 13.8 Å². The van der Waals surface area contributed by atoms with Crippen LogP contribution in [0.2, 0.25) is 0 Å². The zero-order valence-electron chi connectivity index (χ0n) is 13.5. The summed E-state index contributed by atoms with van der Waals surface area (Å²) in [5.41, 5.74) is 0.131. The van der Waals surface area contributed by atoms with Crippen LogP contribution >= 0.6 is 0 Å². The first-order valence-electron chi connectivity index (χ1n) is 7.68. The van der Waals surface area contributed by atoms with E-state index in [0.29, 0.717) is 12.8 Å². The fourth-order valence-corrected chi connectivity index (χ4v) is 1.92. The molecule has 0 aromatic rings. The maximum Gasteiger partial charge on any atom is 0.345 e. The Morgan fingerprint density at radius 3 is 2.00 bits per heavy atom. The summed E-state index contributed by atoms with van der Waals surface area (Å²) in [5.74, 6) is -3.71. The van der Waals surface area contributed by atoms with Gasteiger partial charge in [0.05, 0.1) is 5.92 Å². The van der Waals surface area contributed by atoms with Gasteiger partial charge in [-0.25, -0.2) is 9.59 Å². The van der Waals surface area contributed by atoms with E-state index in [1.165, 1.54) is 13.0 Å². The molecule has 22 heavy (non-hydrogen) atoms. The SMILES string of the molecule is CCCCC(/C=C(\C)C(=O)OC(CCCC)C(=O)O)C(=O)O. The van der Waals surface area contributed by atoms with Gasteiger partial charge in [0.2, 0.25) is 0 Å². The van der Waals surface area contributed by atoms with Crippen LogP contribution in [0, 0.1) is 5.92 Å². The van der Waals surface area contributed by atoms with Gasteiger partial charge in [-0.2, -0.15) is 0 Å².